The summed E-state index contributed by atoms with van der Waals surface area (Å²) in [7, 11) is 1.90. The third kappa shape index (κ3) is 3.47. The Morgan fingerprint density at radius 1 is 1.40 bits per heavy atom. The standard InChI is InChI=1S/C21H27N7S2/c1-13-24-17-8-14(4-5-18(17)30-13)21-9-15(21)11-28(12-21)6-3-7-29-20-26-25-19(27(20)2)16(23)10-22/h4-5,8,15,23H,3,6-7,9-12,22H2,1-2H3/t15-,21+/m1/s1. The van der Waals surface area contributed by atoms with Gasteiger partial charge in [0.05, 0.1) is 20.9 Å². The van der Waals surface area contributed by atoms with Crippen molar-refractivity contribution < 1.29 is 0 Å². The molecular formula is C21H27N7S2. The summed E-state index contributed by atoms with van der Waals surface area (Å²) in [5, 5.41) is 18.2. The predicted octanol–water partition coefficient (Wildman–Crippen LogP) is 2.82. The van der Waals surface area contributed by atoms with Gasteiger partial charge in [-0.2, -0.15) is 0 Å². The van der Waals surface area contributed by atoms with E-state index in [-0.39, 0.29) is 6.54 Å². The maximum absolute atomic E-state index is 7.85. The topological polar surface area (TPSA) is 96.7 Å². The van der Waals surface area contributed by atoms with Crippen LogP contribution < -0.4 is 5.73 Å². The molecule has 2 fully saturated rings. The number of benzene rings is 1. The quantitative estimate of drug-likeness (QED) is 0.317. The summed E-state index contributed by atoms with van der Waals surface area (Å²) in [4.78, 5) is 7.32. The molecule has 2 aliphatic rings. The van der Waals surface area contributed by atoms with Crippen LogP contribution in [0.3, 0.4) is 0 Å². The van der Waals surface area contributed by atoms with Gasteiger partial charge in [0.25, 0.3) is 0 Å². The molecule has 2 atom stereocenters. The zero-order chi connectivity index (χ0) is 20.9. The number of piperidine rings is 1. The van der Waals surface area contributed by atoms with Crippen LogP contribution in [0, 0.1) is 18.3 Å². The lowest BCUT2D eigenvalue weighted by atomic mass is 9.95. The van der Waals surface area contributed by atoms with E-state index in [1.54, 1.807) is 23.1 Å². The van der Waals surface area contributed by atoms with Gasteiger partial charge < -0.3 is 20.6 Å². The Balaban J connectivity index is 1.15. The summed E-state index contributed by atoms with van der Waals surface area (Å²) in [6, 6.07) is 6.94. The number of rotatable bonds is 8. The fourth-order valence-electron chi connectivity index (χ4n) is 4.80. The van der Waals surface area contributed by atoms with E-state index >= 15 is 0 Å². The van der Waals surface area contributed by atoms with Gasteiger partial charge in [0.15, 0.2) is 11.0 Å². The molecular weight excluding hydrogens is 414 g/mol. The number of nitrogens with two attached hydrogens (primary N) is 1. The number of hydrogen-bond acceptors (Lipinski definition) is 8. The molecule has 1 aliphatic heterocycles. The van der Waals surface area contributed by atoms with Crippen LogP contribution in [0.5, 0.6) is 0 Å². The smallest absolute Gasteiger partial charge is 0.191 e. The van der Waals surface area contributed by atoms with Gasteiger partial charge in [-0.3, -0.25) is 0 Å². The van der Waals surface area contributed by atoms with Crippen molar-refractivity contribution in [3.8, 4) is 0 Å². The highest BCUT2D eigenvalue weighted by Crippen LogP contribution is 2.59. The first-order chi connectivity index (χ1) is 14.5. The number of fused-ring (bicyclic) bond motifs is 2. The molecule has 0 amide bonds. The molecule has 2 aromatic heterocycles. The summed E-state index contributed by atoms with van der Waals surface area (Å²) in [6.07, 6.45) is 2.44. The van der Waals surface area contributed by atoms with Gasteiger partial charge in [0.1, 0.15) is 0 Å². The van der Waals surface area contributed by atoms with Gasteiger partial charge in [0.2, 0.25) is 0 Å². The van der Waals surface area contributed by atoms with E-state index in [1.807, 2.05) is 11.6 Å². The number of aryl methyl sites for hydroxylation is 1. The van der Waals surface area contributed by atoms with Crippen molar-refractivity contribution in [2.24, 2.45) is 18.7 Å². The summed E-state index contributed by atoms with van der Waals surface area (Å²) in [6.45, 7) is 5.76. The zero-order valence-corrected chi connectivity index (χ0v) is 19.0. The van der Waals surface area contributed by atoms with Gasteiger partial charge in [-0.05, 0) is 49.9 Å². The van der Waals surface area contributed by atoms with E-state index < -0.39 is 0 Å². The Labute approximate surface area is 184 Å². The Kier molecular flexibility index (Phi) is 5.17. The van der Waals surface area contributed by atoms with Crippen LogP contribution in [0.1, 0.15) is 29.2 Å². The second kappa shape index (κ2) is 7.71. The average Bonchev–Trinajstić information content (AvgIpc) is 3.03. The molecule has 7 nitrogen and oxygen atoms in total. The van der Waals surface area contributed by atoms with Gasteiger partial charge in [-0.15, -0.1) is 21.5 Å². The van der Waals surface area contributed by atoms with Gasteiger partial charge in [-0.1, -0.05) is 17.8 Å². The second-order valence-corrected chi connectivity index (χ2v) is 10.8. The average molecular weight is 442 g/mol. The highest BCUT2D eigenvalue weighted by Gasteiger charge is 2.60. The fraction of sp³-hybridized carbons (Fsp3) is 0.524. The highest BCUT2D eigenvalue weighted by molar-refractivity contribution is 7.99. The normalized spacial score (nSPS) is 23.2. The van der Waals surface area contributed by atoms with Crippen molar-refractivity contribution in [3.63, 3.8) is 0 Å². The van der Waals surface area contributed by atoms with E-state index in [0.29, 0.717) is 17.0 Å². The van der Waals surface area contributed by atoms with Crippen molar-refractivity contribution >= 4 is 39.0 Å². The minimum absolute atomic E-state index is 0.184. The largest absolute Gasteiger partial charge is 0.325 e. The lowest BCUT2D eigenvalue weighted by molar-refractivity contribution is 0.299. The van der Waals surface area contributed by atoms with Crippen LogP contribution in [0.25, 0.3) is 10.2 Å². The fourth-order valence-corrected chi connectivity index (χ4v) is 6.44. The Bertz CT molecular complexity index is 1100. The van der Waals surface area contributed by atoms with Crippen LogP contribution in [0.15, 0.2) is 23.4 Å². The van der Waals surface area contributed by atoms with Crippen molar-refractivity contribution in [3.05, 3.63) is 34.6 Å². The van der Waals surface area contributed by atoms with E-state index in [2.05, 4.69) is 40.2 Å². The number of nitrogens with one attached hydrogen (secondary N) is 1. The monoisotopic (exact) mass is 441 g/mol. The molecule has 1 saturated carbocycles. The third-order valence-electron chi connectivity index (χ3n) is 6.44. The van der Waals surface area contributed by atoms with Crippen molar-refractivity contribution in [2.75, 3.05) is 31.9 Å². The predicted molar refractivity (Wildman–Crippen MR) is 123 cm³/mol. The van der Waals surface area contributed by atoms with E-state index in [1.165, 1.54) is 29.8 Å². The van der Waals surface area contributed by atoms with Crippen molar-refractivity contribution in [1.82, 2.24) is 24.6 Å². The zero-order valence-electron chi connectivity index (χ0n) is 17.4. The molecule has 0 unspecified atom stereocenters. The summed E-state index contributed by atoms with van der Waals surface area (Å²) < 4.78 is 3.17. The van der Waals surface area contributed by atoms with Crippen LogP contribution in [-0.2, 0) is 12.5 Å². The molecule has 9 heteroatoms. The van der Waals surface area contributed by atoms with Gasteiger partial charge >= 0.3 is 0 Å². The molecule has 158 valence electrons. The first kappa shape index (κ1) is 20.1. The number of nitrogens with zero attached hydrogens (tertiary/aromatic N) is 5. The summed E-state index contributed by atoms with van der Waals surface area (Å²) in [5.74, 6) is 2.36. The Hall–Kier alpha value is -1.81. The molecule has 30 heavy (non-hydrogen) atoms. The number of likely N-dealkylation sites (tertiary alicyclic amines) is 1. The first-order valence-electron chi connectivity index (χ1n) is 10.4. The summed E-state index contributed by atoms with van der Waals surface area (Å²) >= 11 is 3.49. The maximum Gasteiger partial charge on any atom is 0.191 e. The minimum Gasteiger partial charge on any atom is -0.325 e. The summed E-state index contributed by atoms with van der Waals surface area (Å²) in [5.41, 5.74) is 8.88. The molecule has 0 spiro atoms. The number of thioether (sulfide) groups is 1. The van der Waals surface area contributed by atoms with Crippen LogP contribution in [0.4, 0.5) is 0 Å². The molecule has 1 saturated heterocycles. The number of aromatic nitrogens is 4. The molecule has 3 N–H and O–H groups in total. The van der Waals surface area contributed by atoms with E-state index in [4.69, 9.17) is 16.1 Å². The first-order valence-corrected chi connectivity index (χ1v) is 12.2. The molecule has 1 aromatic carbocycles. The van der Waals surface area contributed by atoms with Gasteiger partial charge in [-0.25, -0.2) is 4.98 Å². The second-order valence-electron chi connectivity index (χ2n) is 8.46. The van der Waals surface area contributed by atoms with Crippen LogP contribution in [0.2, 0.25) is 0 Å². The minimum atomic E-state index is 0.184. The molecule has 0 bridgehead atoms. The molecule has 5 rings (SSSR count). The van der Waals surface area contributed by atoms with Crippen LogP contribution >= 0.6 is 23.1 Å². The molecule has 0 radical (unpaired) electrons. The highest BCUT2D eigenvalue weighted by atomic mass is 32.2. The molecule has 1 aliphatic carbocycles. The number of thiazole rings is 1. The SMILES string of the molecule is Cc1nc2cc([C@@]34C[C@@H]3CN(CCCSc3nnc(C(=N)CN)n3C)C4)ccc2s1. The van der Waals surface area contributed by atoms with Gasteiger partial charge in [0, 0.05) is 37.8 Å². The van der Waals surface area contributed by atoms with Crippen molar-refractivity contribution in [2.45, 2.75) is 30.3 Å². The Morgan fingerprint density at radius 3 is 3.10 bits per heavy atom. The molecule has 3 aromatic rings. The maximum atomic E-state index is 7.85. The lowest BCUT2D eigenvalue weighted by Gasteiger charge is -2.21. The van der Waals surface area contributed by atoms with Crippen molar-refractivity contribution in [1.29, 1.82) is 5.41 Å². The van der Waals surface area contributed by atoms with Crippen LogP contribution in [-0.4, -0.2) is 62.3 Å². The Morgan fingerprint density at radius 2 is 2.27 bits per heavy atom. The van der Waals surface area contributed by atoms with E-state index in [9.17, 15) is 0 Å². The lowest BCUT2D eigenvalue weighted by Crippen LogP contribution is -2.27. The van der Waals surface area contributed by atoms with E-state index in [0.717, 1.165) is 40.3 Å². The number of hydrogen-bond donors (Lipinski definition) is 2. The molecule has 3 heterocycles. The third-order valence-corrected chi connectivity index (χ3v) is 8.50.